The van der Waals surface area contributed by atoms with Gasteiger partial charge >= 0.3 is 0 Å². The third-order valence-corrected chi connectivity index (χ3v) is 8.12. The highest BCUT2D eigenvalue weighted by atomic mass is 35.5. The van der Waals surface area contributed by atoms with Gasteiger partial charge in [0.25, 0.3) is 0 Å². The van der Waals surface area contributed by atoms with Gasteiger partial charge in [0.1, 0.15) is 5.84 Å². The first kappa shape index (κ1) is 22.1. The van der Waals surface area contributed by atoms with Gasteiger partial charge in [-0.1, -0.05) is 37.6 Å². The first-order chi connectivity index (χ1) is 15.7. The fraction of sp³-hybridized carbons (Fsp3) is 0.444. The van der Waals surface area contributed by atoms with E-state index in [4.69, 9.17) is 38.6 Å². The summed E-state index contributed by atoms with van der Waals surface area (Å²) in [6.45, 7) is 13.9. The normalized spacial score (nSPS) is 32.5. The van der Waals surface area contributed by atoms with E-state index in [1.54, 1.807) is 6.07 Å². The Morgan fingerprint density at radius 1 is 1.09 bits per heavy atom. The monoisotopic (exact) mass is 460 g/mol. The fourth-order valence-electron chi connectivity index (χ4n) is 6.75. The van der Waals surface area contributed by atoms with Crippen LogP contribution in [0.3, 0.4) is 0 Å². The van der Waals surface area contributed by atoms with Gasteiger partial charge < -0.3 is 10.5 Å². The second-order valence-corrected chi connectivity index (χ2v) is 10.5. The predicted octanol–water partition coefficient (Wildman–Crippen LogP) is 6.17. The fourth-order valence-corrected chi connectivity index (χ4v) is 6.98. The number of fused-ring (bicyclic) bond motifs is 3. The van der Waals surface area contributed by atoms with E-state index in [-0.39, 0.29) is 11.5 Å². The SMILES string of the molecule is [C-]#[N+]c1cc(Cl)cc(-c2ccc3c(c2)[C@@]2(N=C(C)C(N)=N2)C2(C3)C[C@@H](C)C(OC)[C@@H](C)C2)c1. The molecule has 1 fully saturated rings. The van der Waals surface area contributed by atoms with Gasteiger partial charge in [-0.25, -0.2) is 9.84 Å². The van der Waals surface area contributed by atoms with Crippen molar-refractivity contribution in [3.8, 4) is 11.1 Å². The predicted molar refractivity (Wildman–Crippen MR) is 134 cm³/mol. The van der Waals surface area contributed by atoms with Crippen LogP contribution in [-0.2, 0) is 16.8 Å². The van der Waals surface area contributed by atoms with E-state index in [2.05, 4.69) is 36.9 Å². The lowest BCUT2D eigenvalue weighted by atomic mass is 9.59. The number of nitrogens with zero attached hydrogens (tertiary/aromatic N) is 3. The molecule has 2 aliphatic carbocycles. The van der Waals surface area contributed by atoms with Gasteiger partial charge in [-0.3, -0.25) is 4.99 Å². The summed E-state index contributed by atoms with van der Waals surface area (Å²) in [5, 5.41) is 0.558. The summed E-state index contributed by atoms with van der Waals surface area (Å²) in [5.41, 5.74) is 11.2. The zero-order valence-electron chi connectivity index (χ0n) is 19.5. The van der Waals surface area contributed by atoms with Crippen LogP contribution in [0.15, 0.2) is 46.4 Å². The number of rotatable bonds is 2. The molecule has 1 saturated carbocycles. The van der Waals surface area contributed by atoms with Crippen LogP contribution in [0.25, 0.3) is 16.0 Å². The Morgan fingerprint density at radius 3 is 2.42 bits per heavy atom. The smallest absolute Gasteiger partial charge is 0.189 e. The maximum atomic E-state index is 7.40. The lowest BCUT2D eigenvalue weighted by Gasteiger charge is -2.49. The van der Waals surface area contributed by atoms with Crippen LogP contribution < -0.4 is 5.73 Å². The third-order valence-electron chi connectivity index (χ3n) is 7.90. The average molecular weight is 461 g/mol. The summed E-state index contributed by atoms with van der Waals surface area (Å²) in [5.74, 6) is 1.32. The number of benzene rings is 2. The molecule has 33 heavy (non-hydrogen) atoms. The molecule has 0 amide bonds. The van der Waals surface area contributed by atoms with Crippen LogP contribution >= 0.6 is 11.6 Å². The minimum absolute atomic E-state index is 0.139. The highest BCUT2D eigenvalue weighted by Crippen LogP contribution is 2.63. The van der Waals surface area contributed by atoms with E-state index in [9.17, 15) is 0 Å². The highest BCUT2D eigenvalue weighted by Gasteiger charge is 2.62. The zero-order valence-corrected chi connectivity index (χ0v) is 20.3. The largest absolute Gasteiger partial charge is 0.382 e. The Kier molecular flexibility index (Phi) is 5.15. The molecule has 1 heterocycles. The van der Waals surface area contributed by atoms with E-state index >= 15 is 0 Å². The highest BCUT2D eigenvalue weighted by molar-refractivity contribution is 6.41. The van der Waals surface area contributed by atoms with Crippen molar-refractivity contribution >= 4 is 28.8 Å². The van der Waals surface area contributed by atoms with Crippen LogP contribution in [0.1, 0.15) is 44.7 Å². The van der Waals surface area contributed by atoms with Crippen LogP contribution in [0.5, 0.6) is 0 Å². The lowest BCUT2D eigenvalue weighted by Crippen LogP contribution is -2.49. The molecule has 5 nitrogen and oxygen atoms in total. The third kappa shape index (κ3) is 3.23. The van der Waals surface area contributed by atoms with Crippen molar-refractivity contribution < 1.29 is 4.74 Å². The molecule has 0 bridgehead atoms. The van der Waals surface area contributed by atoms with Crippen LogP contribution in [0.2, 0.25) is 5.02 Å². The standard InChI is InChI=1S/C27H29ClN4O/c1-15-12-26(13-16(2)24(15)33-5)14-19-7-6-18(20-8-21(28)11-22(9-20)30-4)10-23(19)27(26)31-17(3)25(29)32-27/h6-11,15-16,24H,12-14H2,1-3,5H3,(H2,29,32)/t15-,16+,24?,26?,27-/m0/s1. The maximum absolute atomic E-state index is 7.40. The number of aliphatic imine (C=N–C) groups is 2. The van der Waals surface area contributed by atoms with Crippen LogP contribution in [-0.4, -0.2) is 24.8 Å². The summed E-state index contributed by atoms with van der Waals surface area (Å²) in [4.78, 5) is 13.9. The Hall–Kier alpha value is -2.68. The molecule has 5 atom stereocenters. The summed E-state index contributed by atoms with van der Waals surface area (Å²) in [7, 11) is 1.82. The van der Waals surface area contributed by atoms with E-state index < -0.39 is 5.66 Å². The number of ether oxygens (including phenoxy) is 1. The van der Waals surface area contributed by atoms with Gasteiger partial charge in [0.05, 0.1) is 18.4 Å². The number of amidine groups is 1. The van der Waals surface area contributed by atoms with Crippen molar-refractivity contribution in [2.45, 2.75) is 51.8 Å². The van der Waals surface area contributed by atoms with Gasteiger partial charge in [-0.15, -0.1) is 0 Å². The second-order valence-electron chi connectivity index (χ2n) is 10.1. The molecule has 2 aromatic carbocycles. The topological polar surface area (TPSA) is 64.3 Å². The van der Waals surface area contributed by atoms with Crippen LogP contribution in [0, 0.1) is 23.8 Å². The molecule has 0 radical (unpaired) electrons. The Bertz CT molecular complexity index is 1210. The zero-order chi connectivity index (χ0) is 23.5. The van der Waals surface area contributed by atoms with Crippen molar-refractivity contribution in [2.75, 3.05) is 7.11 Å². The molecule has 2 N–H and O–H groups in total. The number of hydrogen-bond acceptors (Lipinski definition) is 4. The maximum Gasteiger partial charge on any atom is 0.189 e. The Morgan fingerprint density at radius 2 is 1.82 bits per heavy atom. The molecule has 1 aliphatic heterocycles. The van der Waals surface area contributed by atoms with E-state index in [0.717, 1.165) is 41.7 Å². The van der Waals surface area contributed by atoms with Crippen molar-refractivity contribution in [3.05, 3.63) is 64.0 Å². The Labute approximate surface area is 200 Å². The second kappa shape index (κ2) is 7.68. The molecule has 0 aromatic heterocycles. The van der Waals surface area contributed by atoms with E-state index in [1.165, 1.54) is 5.56 Å². The van der Waals surface area contributed by atoms with Gasteiger partial charge in [-0.05, 0) is 79.0 Å². The summed E-state index contributed by atoms with van der Waals surface area (Å²) < 4.78 is 5.87. The first-order valence-electron chi connectivity index (χ1n) is 11.5. The lowest BCUT2D eigenvalue weighted by molar-refractivity contribution is -0.0729. The van der Waals surface area contributed by atoms with Crippen molar-refractivity contribution in [1.29, 1.82) is 0 Å². The van der Waals surface area contributed by atoms with Crippen molar-refractivity contribution in [2.24, 2.45) is 33.0 Å². The molecular formula is C27H29ClN4O. The van der Waals surface area contributed by atoms with Gasteiger partial charge in [0.15, 0.2) is 11.4 Å². The molecular weight excluding hydrogens is 432 g/mol. The van der Waals surface area contributed by atoms with E-state index in [0.29, 0.717) is 28.4 Å². The van der Waals surface area contributed by atoms with Crippen LogP contribution in [0.4, 0.5) is 5.69 Å². The minimum atomic E-state index is -0.713. The first-order valence-corrected chi connectivity index (χ1v) is 11.9. The van der Waals surface area contributed by atoms with Gasteiger partial charge in [-0.2, -0.15) is 0 Å². The summed E-state index contributed by atoms with van der Waals surface area (Å²) in [6, 6.07) is 12.0. The quantitative estimate of drug-likeness (QED) is 0.545. The number of halogens is 1. The number of nitrogens with two attached hydrogens (primary N) is 1. The number of hydrogen-bond donors (Lipinski definition) is 1. The van der Waals surface area contributed by atoms with Gasteiger partial charge in [0.2, 0.25) is 0 Å². The van der Waals surface area contributed by atoms with Crippen molar-refractivity contribution in [3.63, 3.8) is 0 Å². The number of methoxy groups -OCH3 is 1. The van der Waals surface area contributed by atoms with Crippen molar-refractivity contribution in [1.82, 2.24) is 0 Å². The Balaban J connectivity index is 1.68. The molecule has 3 aliphatic rings. The summed E-state index contributed by atoms with van der Waals surface area (Å²) in [6.07, 6.45) is 3.11. The molecule has 6 heteroatoms. The summed E-state index contributed by atoms with van der Waals surface area (Å²) >= 11 is 6.32. The molecule has 2 aromatic rings. The molecule has 2 spiro atoms. The molecule has 0 saturated heterocycles. The molecule has 2 unspecified atom stereocenters. The van der Waals surface area contributed by atoms with E-state index in [1.807, 2.05) is 26.2 Å². The van der Waals surface area contributed by atoms with Gasteiger partial charge in [0, 0.05) is 23.1 Å². The molecule has 170 valence electrons. The minimum Gasteiger partial charge on any atom is -0.382 e. The average Bonchev–Trinajstić information content (AvgIpc) is 3.20. The molecule has 5 rings (SSSR count).